The van der Waals surface area contributed by atoms with Gasteiger partial charge < -0.3 is 37.2 Å². The standard InChI is InChI=1S/C136H78N12/c137-79-83-32-26-52-97(70-83)141(93-44-14-4-15-45-93)99-62-66-117-109(75-99)104-55-31-59-108-127-124(136-126(121(85-34-8-1-9-35-85)133(127)145(117)131(104)108)107-58-29-54-103-110-76-100(63-67-118(110)147(136)130(103)107)142(94-46-16-5-17-47-94)98-53-27-33-84(71-98)80-138)89-43-28-42-88(72-89)92-73-113-112-78-102(144(96-50-20-7-21-51-96)116-61-25-23-41-91(116)82-140)65-69-120(112)148-132(113)114(74-92)128-123(87-38-12-3-13-39-87)134-125(122(135(128)148)86-36-10-2-11-37-86)106-57-30-56-105-111-77-101(64-68-119(111)146(134)129(105)106)143(95-48-18-6-19-49-95)115-60-24-22-40-90(115)81-139/h1-78H. The lowest BCUT2D eigenvalue weighted by Crippen LogP contribution is -2.11. The molecule has 0 atom stereocenters. The summed E-state index contributed by atoms with van der Waals surface area (Å²) in [4.78, 5) is 8.98. The molecule has 0 spiro atoms. The molecule has 8 heterocycles. The summed E-state index contributed by atoms with van der Waals surface area (Å²) in [6.45, 7) is 0. The Balaban J connectivity index is 0.738. The first-order valence-corrected chi connectivity index (χ1v) is 49.8. The Morgan fingerprint density at radius 2 is 0.419 bits per heavy atom. The molecule has 0 amide bonds. The Kier molecular flexibility index (Phi) is 18.2. The molecule has 0 aliphatic heterocycles. The van der Waals surface area contributed by atoms with Crippen molar-refractivity contribution in [3.63, 3.8) is 0 Å². The fourth-order valence-electron chi connectivity index (χ4n) is 25.0. The van der Waals surface area contributed by atoms with Crippen molar-refractivity contribution in [2.45, 2.75) is 0 Å². The number of nitriles is 4. The van der Waals surface area contributed by atoms with Gasteiger partial charge in [-0.2, -0.15) is 21.0 Å². The van der Waals surface area contributed by atoms with Crippen LogP contribution in [0.3, 0.4) is 0 Å². The summed E-state index contributed by atoms with van der Waals surface area (Å²) < 4.78 is 10.4. The van der Waals surface area contributed by atoms with E-state index in [1.807, 2.05) is 103 Å². The van der Waals surface area contributed by atoms with Gasteiger partial charge in [-0.05, 0) is 234 Å². The fraction of sp³-hybridized carbons (Fsp3) is 0. The largest absolute Gasteiger partial charge is 0.310 e. The van der Waals surface area contributed by atoms with Gasteiger partial charge in [0.25, 0.3) is 0 Å². The third kappa shape index (κ3) is 12.0. The summed E-state index contributed by atoms with van der Waals surface area (Å²) in [7, 11) is 0. The molecule has 682 valence electrons. The van der Waals surface area contributed by atoms with Crippen LogP contribution < -0.4 is 19.6 Å². The minimum absolute atomic E-state index is 0.552. The molecule has 0 radical (unpaired) electrons. The summed E-state index contributed by atoms with van der Waals surface area (Å²) in [5.74, 6) is 0. The molecular weight excluding hydrogens is 1800 g/mol. The molecule has 0 bridgehead atoms. The molecule has 0 unspecified atom stereocenters. The van der Waals surface area contributed by atoms with Crippen LogP contribution in [-0.4, -0.2) is 17.6 Å². The van der Waals surface area contributed by atoms with E-state index >= 15 is 0 Å². The first-order chi connectivity index (χ1) is 73.3. The van der Waals surface area contributed by atoms with E-state index in [2.05, 4.69) is 432 Å². The van der Waals surface area contributed by atoms with E-state index < -0.39 is 0 Å². The van der Waals surface area contributed by atoms with Gasteiger partial charge in [0.1, 0.15) is 12.1 Å². The second-order valence-corrected chi connectivity index (χ2v) is 38.5. The second-order valence-electron chi connectivity index (χ2n) is 38.5. The lowest BCUT2D eigenvalue weighted by molar-refractivity contribution is 1.27. The molecular formula is C136H78N12. The molecule has 0 aliphatic carbocycles. The van der Waals surface area contributed by atoms with E-state index in [4.69, 9.17) is 0 Å². The van der Waals surface area contributed by atoms with Gasteiger partial charge in [0.15, 0.2) is 0 Å². The summed E-state index contributed by atoms with van der Waals surface area (Å²) >= 11 is 0. The van der Waals surface area contributed by atoms with Gasteiger partial charge in [0.2, 0.25) is 0 Å². The molecule has 0 fully saturated rings. The predicted octanol–water partition coefficient (Wildman–Crippen LogP) is 36.0. The Bertz CT molecular complexity index is 10900. The van der Waals surface area contributed by atoms with Gasteiger partial charge in [0.05, 0.1) is 112 Å². The van der Waals surface area contributed by atoms with Crippen molar-refractivity contribution >= 4 is 221 Å². The monoisotopic (exact) mass is 1880 g/mol. The number of aromatic nitrogens is 4. The zero-order chi connectivity index (χ0) is 97.8. The van der Waals surface area contributed by atoms with E-state index in [1.54, 1.807) is 0 Å². The molecule has 8 aromatic heterocycles. The Morgan fingerprint density at radius 1 is 0.155 bits per heavy atom. The Morgan fingerprint density at radius 3 is 0.784 bits per heavy atom. The SMILES string of the molecule is N#Cc1cccc(N(c2ccccc2)c2ccc3c(c2)c2cccc4c5c(-c6cccc(-c7cc8c9cc(N(c%10ccccc%10)c%10ccccc%10C#N)ccc9n9c%10c(-c%11ccccc%11)c%11c%12cccc%13c%14cc(N(c%15ccccc%15)c%15ccccc%15C#N)ccc%14n(c%11c(-c%11ccccc%11)c%10c(c7)c89)c%13%12)c6)c6c(c(-c7ccccc7)c5n3c24)c2cccc3c4cc(N(c5ccccc5)c5cccc(C#N)c5)ccc4n6c32)c1. The van der Waals surface area contributed by atoms with Gasteiger partial charge >= 0.3 is 0 Å². The highest BCUT2D eigenvalue weighted by atomic mass is 15.2. The van der Waals surface area contributed by atoms with E-state index in [-0.39, 0.29) is 0 Å². The summed E-state index contributed by atoms with van der Waals surface area (Å²) in [5, 5.41) is 60.6. The lowest BCUT2D eigenvalue weighted by atomic mass is 9.87. The van der Waals surface area contributed by atoms with Crippen molar-refractivity contribution in [2.75, 3.05) is 19.6 Å². The number of fused-ring (bicyclic) bond motifs is 24. The number of rotatable bonds is 17. The highest BCUT2D eigenvalue weighted by Crippen LogP contribution is 2.60. The molecule has 148 heavy (non-hydrogen) atoms. The van der Waals surface area contributed by atoms with Crippen LogP contribution in [0, 0.1) is 45.3 Å². The average Bonchev–Trinajstić information content (AvgIpc) is 1.50. The number of para-hydroxylation sites is 9. The van der Waals surface area contributed by atoms with Crippen LogP contribution in [0.1, 0.15) is 22.3 Å². The normalized spacial score (nSPS) is 11.9. The summed E-state index contributed by atoms with van der Waals surface area (Å²) in [5.41, 5.74) is 36.8. The Hall–Kier alpha value is -20.8. The first-order valence-electron chi connectivity index (χ1n) is 49.8. The predicted molar refractivity (Wildman–Crippen MR) is 610 cm³/mol. The van der Waals surface area contributed by atoms with E-state index in [0.717, 1.165) is 276 Å². The number of hydrogen-bond donors (Lipinski definition) is 0. The summed E-state index contributed by atoms with van der Waals surface area (Å²) in [6.07, 6.45) is 0. The number of nitrogens with zero attached hydrogens (tertiary/aromatic N) is 12. The number of benzene rings is 22. The third-order valence-electron chi connectivity index (χ3n) is 30.8. The molecule has 0 saturated carbocycles. The maximum Gasteiger partial charge on any atom is 0.101 e. The number of hydrogen-bond acceptors (Lipinski definition) is 8. The van der Waals surface area contributed by atoms with Crippen LogP contribution in [0.4, 0.5) is 68.2 Å². The summed E-state index contributed by atoms with van der Waals surface area (Å²) in [6, 6.07) is 179. The second kappa shape index (κ2) is 32.4. The van der Waals surface area contributed by atoms with E-state index in [9.17, 15) is 21.0 Å². The van der Waals surface area contributed by atoms with Crippen molar-refractivity contribution in [3.8, 4) is 79.9 Å². The van der Waals surface area contributed by atoms with Crippen LogP contribution in [0.5, 0.6) is 0 Å². The quantitative estimate of drug-likeness (QED) is 0.0882. The first kappa shape index (κ1) is 83.0. The van der Waals surface area contributed by atoms with Gasteiger partial charge in [0, 0.05) is 165 Å². The molecule has 22 aromatic carbocycles. The molecule has 0 N–H and O–H groups in total. The molecule has 0 aliphatic rings. The van der Waals surface area contributed by atoms with Gasteiger partial charge in [-0.15, -0.1) is 0 Å². The van der Waals surface area contributed by atoms with Crippen LogP contribution >= 0.6 is 0 Å². The average molecular weight is 1880 g/mol. The number of anilines is 12. The van der Waals surface area contributed by atoms with E-state index in [1.165, 1.54) is 0 Å². The molecule has 0 saturated heterocycles. The maximum atomic E-state index is 11.2. The zero-order valence-corrected chi connectivity index (χ0v) is 79.4. The van der Waals surface area contributed by atoms with Crippen molar-refractivity contribution < 1.29 is 0 Å². The minimum Gasteiger partial charge on any atom is -0.310 e. The van der Waals surface area contributed by atoms with Crippen molar-refractivity contribution in [2.24, 2.45) is 0 Å². The van der Waals surface area contributed by atoms with Crippen molar-refractivity contribution in [1.82, 2.24) is 17.6 Å². The van der Waals surface area contributed by atoms with Gasteiger partial charge in [-0.1, -0.05) is 273 Å². The van der Waals surface area contributed by atoms with Crippen molar-refractivity contribution in [1.29, 1.82) is 21.0 Å². The lowest BCUT2D eigenvalue weighted by Gasteiger charge is -2.26. The van der Waals surface area contributed by atoms with Crippen LogP contribution in [0.15, 0.2) is 473 Å². The topological polar surface area (TPSA) is 126 Å². The highest BCUT2D eigenvalue weighted by Gasteiger charge is 2.37. The molecule has 30 rings (SSSR count). The smallest absolute Gasteiger partial charge is 0.101 e. The van der Waals surface area contributed by atoms with Gasteiger partial charge in [-0.3, -0.25) is 0 Å². The molecule has 12 heteroatoms. The third-order valence-corrected chi connectivity index (χ3v) is 30.8. The van der Waals surface area contributed by atoms with Crippen molar-refractivity contribution in [3.05, 3.63) is 495 Å². The van der Waals surface area contributed by atoms with Crippen LogP contribution in [0.25, 0.3) is 208 Å². The zero-order valence-electron chi connectivity index (χ0n) is 79.4. The van der Waals surface area contributed by atoms with Crippen LogP contribution in [0.2, 0.25) is 0 Å². The van der Waals surface area contributed by atoms with Gasteiger partial charge in [-0.25, -0.2) is 0 Å². The molecule has 12 nitrogen and oxygen atoms in total. The van der Waals surface area contributed by atoms with E-state index in [0.29, 0.717) is 22.3 Å². The fourth-order valence-corrected chi connectivity index (χ4v) is 25.0. The highest BCUT2D eigenvalue weighted by molar-refractivity contribution is 6.41. The molecule has 30 aromatic rings. The minimum atomic E-state index is 0.552. The maximum absolute atomic E-state index is 11.2. The van der Waals surface area contributed by atoms with Crippen LogP contribution in [-0.2, 0) is 0 Å². The Labute approximate surface area is 848 Å².